The van der Waals surface area contributed by atoms with Crippen LogP contribution in [-0.2, 0) is 23.0 Å². The number of fused-ring (bicyclic) bond motifs is 2. The summed E-state index contributed by atoms with van der Waals surface area (Å²) in [4.78, 5) is 18.6. The van der Waals surface area contributed by atoms with Gasteiger partial charge in [0.05, 0.1) is 25.0 Å². The van der Waals surface area contributed by atoms with Crippen molar-refractivity contribution in [1.82, 2.24) is 5.32 Å². The van der Waals surface area contributed by atoms with Gasteiger partial charge in [0, 0.05) is 40.3 Å². The number of hydrogen-bond acceptors (Lipinski definition) is 6. The van der Waals surface area contributed by atoms with Gasteiger partial charge in [-0.3, -0.25) is 9.79 Å². The largest absolute Gasteiger partial charge is 0.497 e. The Balaban J connectivity index is 1.46. The Bertz CT molecular complexity index is 1760. The second-order valence-corrected chi connectivity index (χ2v) is 12.3. The number of aliphatic imine (C=N–C) groups is 1. The van der Waals surface area contributed by atoms with E-state index in [1.807, 2.05) is 62.4 Å². The number of nitrogens with one attached hydrogen (secondary N) is 1. The third-order valence-corrected chi connectivity index (χ3v) is 9.15. The Labute approximate surface area is 278 Å². The van der Waals surface area contributed by atoms with Crippen molar-refractivity contribution in [3.8, 4) is 5.75 Å². The van der Waals surface area contributed by atoms with Crippen molar-refractivity contribution in [3.63, 3.8) is 0 Å². The lowest BCUT2D eigenvalue weighted by molar-refractivity contribution is -0.119. The van der Waals surface area contributed by atoms with E-state index in [1.54, 1.807) is 7.11 Å². The number of hydrogen-bond donors (Lipinski definition) is 1. The number of rotatable bonds is 9. The number of carbonyl (C=O) groups is 1. The molecule has 1 amide bonds. The lowest BCUT2D eigenvalue weighted by Gasteiger charge is -2.22. The number of methoxy groups -OCH3 is 1. The molecular weight excluding hydrogens is 652 g/mol. The minimum atomic E-state index is -0.406. The van der Waals surface area contributed by atoms with Crippen LogP contribution in [0.5, 0.6) is 5.75 Å². The fourth-order valence-corrected chi connectivity index (χ4v) is 6.03. The van der Waals surface area contributed by atoms with Crippen molar-refractivity contribution in [2.75, 3.05) is 13.7 Å². The highest BCUT2D eigenvalue weighted by Gasteiger charge is 2.24. The van der Waals surface area contributed by atoms with Gasteiger partial charge < -0.3 is 14.5 Å². The SMILES string of the molecule is CCC1Cc2ccc(OC)cc2C(c2ccc(Cl)cc2)N=C(CC(=O)NCCc2cc3ccc(CBr)cc3o2)/C(C)=N\N=C\1C. The molecule has 7 nitrogen and oxygen atoms in total. The molecule has 234 valence electrons. The maximum atomic E-state index is 13.4. The van der Waals surface area contributed by atoms with Crippen molar-refractivity contribution < 1.29 is 13.9 Å². The maximum absolute atomic E-state index is 13.4. The quantitative estimate of drug-likeness (QED) is 0.178. The standard InChI is InChI=1S/C36H38BrClN4O3/c1-5-25-17-27-10-13-30(44-4)19-32(27)36(26-8-11-29(38)12-9-26)40-33(23(3)42-41-22(25)2)20-35(43)39-15-14-31-18-28-7-6-24(21-37)16-34(28)45-31/h6-13,16,18-19,25,36H,5,14-15,17,20-21H2,1-4H3,(H,39,43)/b40-33?,41-22+,42-23-. The average molecular weight is 690 g/mol. The fraction of sp³-hybridized carbons (Fsp3) is 0.333. The van der Waals surface area contributed by atoms with Crippen molar-refractivity contribution in [1.29, 1.82) is 0 Å². The molecule has 3 aromatic carbocycles. The molecule has 1 N–H and O–H groups in total. The summed E-state index contributed by atoms with van der Waals surface area (Å²) in [7, 11) is 1.66. The summed E-state index contributed by atoms with van der Waals surface area (Å²) in [5, 5.41) is 14.7. The van der Waals surface area contributed by atoms with Gasteiger partial charge in [0.15, 0.2) is 0 Å². The molecule has 0 saturated heterocycles. The summed E-state index contributed by atoms with van der Waals surface area (Å²) in [6.45, 7) is 6.48. The molecule has 2 unspecified atom stereocenters. The number of halogens is 2. The van der Waals surface area contributed by atoms with Crippen LogP contribution < -0.4 is 10.1 Å². The van der Waals surface area contributed by atoms with Gasteiger partial charge in [0.25, 0.3) is 0 Å². The van der Waals surface area contributed by atoms with E-state index in [-0.39, 0.29) is 18.2 Å². The third kappa shape index (κ3) is 8.10. The fourth-order valence-electron chi connectivity index (χ4n) is 5.55. The number of benzene rings is 3. The number of alkyl halides is 1. The summed E-state index contributed by atoms with van der Waals surface area (Å²) in [5.41, 5.74) is 7.24. The maximum Gasteiger partial charge on any atom is 0.226 e. The van der Waals surface area contributed by atoms with Gasteiger partial charge in [-0.1, -0.05) is 64.8 Å². The highest BCUT2D eigenvalue weighted by atomic mass is 79.9. The predicted octanol–water partition coefficient (Wildman–Crippen LogP) is 8.69. The van der Waals surface area contributed by atoms with Crippen LogP contribution in [0, 0.1) is 5.92 Å². The van der Waals surface area contributed by atoms with Crippen LogP contribution in [0.15, 0.2) is 86.3 Å². The molecule has 0 spiro atoms. The van der Waals surface area contributed by atoms with E-state index in [4.69, 9.17) is 25.7 Å². The van der Waals surface area contributed by atoms with E-state index in [1.165, 1.54) is 0 Å². The summed E-state index contributed by atoms with van der Waals surface area (Å²) in [6, 6.07) is 21.6. The van der Waals surface area contributed by atoms with Crippen LogP contribution in [0.1, 0.15) is 67.7 Å². The first-order valence-electron chi connectivity index (χ1n) is 15.2. The monoisotopic (exact) mass is 688 g/mol. The van der Waals surface area contributed by atoms with Crippen molar-refractivity contribution in [2.24, 2.45) is 21.1 Å². The third-order valence-electron chi connectivity index (χ3n) is 8.26. The molecule has 0 bridgehead atoms. The molecular formula is C36H38BrClN4O3. The van der Waals surface area contributed by atoms with Crippen LogP contribution in [0.2, 0.25) is 5.02 Å². The molecule has 5 rings (SSSR count). The smallest absolute Gasteiger partial charge is 0.226 e. The number of amides is 1. The van der Waals surface area contributed by atoms with Crippen LogP contribution in [0.25, 0.3) is 11.0 Å². The molecule has 1 aliphatic heterocycles. The zero-order valence-corrected chi connectivity index (χ0v) is 28.4. The van der Waals surface area contributed by atoms with Crippen LogP contribution in [-0.4, -0.2) is 36.7 Å². The van der Waals surface area contributed by atoms with Gasteiger partial charge >= 0.3 is 0 Å². The normalized spacial score (nSPS) is 19.4. The molecule has 1 aromatic heterocycles. The van der Waals surface area contributed by atoms with Crippen molar-refractivity contribution in [2.45, 2.75) is 57.8 Å². The molecule has 2 heterocycles. The molecule has 4 aromatic rings. The Morgan fingerprint density at radius 3 is 2.60 bits per heavy atom. The van der Waals surface area contributed by atoms with Gasteiger partial charge in [0.1, 0.15) is 23.1 Å². The minimum absolute atomic E-state index is 0.0548. The van der Waals surface area contributed by atoms with Crippen molar-refractivity contribution in [3.05, 3.63) is 99.8 Å². The molecule has 9 heteroatoms. The lowest BCUT2D eigenvalue weighted by atomic mass is 9.87. The van der Waals surface area contributed by atoms with E-state index in [0.717, 1.165) is 68.6 Å². The predicted molar refractivity (Wildman–Crippen MR) is 188 cm³/mol. The van der Waals surface area contributed by atoms with Crippen molar-refractivity contribution >= 4 is 61.5 Å². The van der Waals surface area contributed by atoms with Crippen LogP contribution in [0.4, 0.5) is 0 Å². The zero-order chi connectivity index (χ0) is 31.9. The number of furan rings is 1. The molecule has 0 radical (unpaired) electrons. The van der Waals surface area contributed by atoms with E-state index in [0.29, 0.717) is 29.4 Å². The second-order valence-electron chi connectivity index (χ2n) is 11.3. The highest BCUT2D eigenvalue weighted by molar-refractivity contribution is 9.08. The highest BCUT2D eigenvalue weighted by Crippen LogP contribution is 2.35. The molecule has 45 heavy (non-hydrogen) atoms. The first-order chi connectivity index (χ1) is 21.8. The number of nitrogens with zero attached hydrogens (tertiary/aromatic N) is 3. The second kappa shape index (κ2) is 15.0. The van der Waals surface area contributed by atoms with E-state index >= 15 is 0 Å². The van der Waals surface area contributed by atoms with Gasteiger partial charge in [0.2, 0.25) is 5.91 Å². The first kappa shape index (κ1) is 32.6. The Hall–Kier alpha value is -3.75. The lowest BCUT2D eigenvalue weighted by Crippen LogP contribution is -2.30. The number of ether oxygens (including phenoxy) is 1. The summed E-state index contributed by atoms with van der Waals surface area (Å²) < 4.78 is 11.7. The summed E-state index contributed by atoms with van der Waals surface area (Å²) >= 11 is 9.77. The van der Waals surface area contributed by atoms with Gasteiger partial charge in [-0.05, 0) is 85.3 Å². The van der Waals surface area contributed by atoms with Crippen LogP contribution >= 0.6 is 27.5 Å². The molecule has 0 saturated carbocycles. The Morgan fingerprint density at radius 1 is 1.07 bits per heavy atom. The molecule has 0 fully saturated rings. The number of carbonyl (C=O) groups excluding carboxylic acids is 1. The van der Waals surface area contributed by atoms with Gasteiger partial charge in [-0.15, -0.1) is 0 Å². The first-order valence-corrected chi connectivity index (χ1v) is 16.7. The molecule has 2 atom stereocenters. The van der Waals surface area contributed by atoms with Crippen LogP contribution in [0.3, 0.4) is 0 Å². The van der Waals surface area contributed by atoms with Gasteiger partial charge in [-0.25, -0.2) is 0 Å². The molecule has 0 aliphatic carbocycles. The van der Waals surface area contributed by atoms with E-state index in [9.17, 15) is 4.79 Å². The Morgan fingerprint density at radius 2 is 1.87 bits per heavy atom. The Kier molecular flexibility index (Phi) is 10.9. The van der Waals surface area contributed by atoms with E-state index in [2.05, 4.69) is 56.6 Å². The molecule has 1 aliphatic rings. The summed E-state index contributed by atoms with van der Waals surface area (Å²) in [6.07, 6.45) is 2.33. The minimum Gasteiger partial charge on any atom is -0.497 e. The van der Waals surface area contributed by atoms with Gasteiger partial charge in [-0.2, -0.15) is 10.2 Å². The summed E-state index contributed by atoms with van der Waals surface area (Å²) in [5.74, 6) is 1.62. The zero-order valence-electron chi connectivity index (χ0n) is 26.1. The van der Waals surface area contributed by atoms with E-state index < -0.39 is 6.04 Å². The average Bonchev–Trinajstić information content (AvgIpc) is 3.46. The topological polar surface area (TPSA) is 88.5 Å².